The van der Waals surface area contributed by atoms with Gasteiger partial charge >= 0.3 is 5.63 Å². The van der Waals surface area contributed by atoms with Crippen LogP contribution in [0.25, 0.3) is 11.0 Å². The van der Waals surface area contributed by atoms with Crippen molar-refractivity contribution in [3.63, 3.8) is 0 Å². The Labute approximate surface area is 243 Å². The second kappa shape index (κ2) is 11.3. The van der Waals surface area contributed by atoms with Crippen molar-refractivity contribution in [1.29, 1.82) is 0 Å². The number of likely N-dealkylation sites (tertiary alicyclic amines) is 1. The van der Waals surface area contributed by atoms with Crippen LogP contribution in [0.15, 0.2) is 21.3 Å². The lowest BCUT2D eigenvalue weighted by Gasteiger charge is -2.47. The van der Waals surface area contributed by atoms with Crippen molar-refractivity contribution in [1.82, 2.24) is 4.90 Å². The molecule has 2 aliphatic rings. The second-order valence-corrected chi connectivity index (χ2v) is 12.6. The highest BCUT2D eigenvalue weighted by Gasteiger charge is 2.43. The van der Waals surface area contributed by atoms with Crippen LogP contribution < -0.4 is 10.4 Å². The topological polar surface area (TPSA) is 80.0 Å². The van der Waals surface area contributed by atoms with Gasteiger partial charge in [-0.1, -0.05) is 12.8 Å². The average Bonchev–Trinajstić information content (AvgIpc) is 2.95. The third-order valence-electron chi connectivity index (χ3n) is 10.6. The van der Waals surface area contributed by atoms with E-state index >= 15 is 0 Å². The molecule has 41 heavy (non-hydrogen) atoms. The smallest absolute Gasteiger partial charge is 0.339 e. The van der Waals surface area contributed by atoms with Gasteiger partial charge in [-0.25, -0.2) is 4.79 Å². The van der Waals surface area contributed by atoms with E-state index in [-0.39, 0.29) is 23.9 Å². The molecule has 1 aromatic heterocycles. The third-order valence-corrected chi connectivity index (χ3v) is 10.6. The Balaban J connectivity index is 1.32. The number of ether oxygens (including phenoxy) is 1. The van der Waals surface area contributed by atoms with Gasteiger partial charge in [-0.05, 0) is 125 Å². The molecule has 1 saturated heterocycles. The summed E-state index contributed by atoms with van der Waals surface area (Å²) in [4.78, 5) is 28.2. The van der Waals surface area contributed by atoms with Gasteiger partial charge in [0.2, 0.25) is 5.91 Å². The van der Waals surface area contributed by atoms with Gasteiger partial charge in [0.25, 0.3) is 0 Å². The van der Waals surface area contributed by atoms with Gasteiger partial charge in [0, 0.05) is 41.9 Å². The van der Waals surface area contributed by atoms with E-state index < -0.39 is 5.60 Å². The van der Waals surface area contributed by atoms with Crippen molar-refractivity contribution in [2.75, 3.05) is 13.1 Å². The summed E-state index contributed by atoms with van der Waals surface area (Å²) < 4.78 is 12.2. The number of carbonyl (C=O) groups is 1. The Morgan fingerprint density at radius 1 is 0.927 bits per heavy atom. The van der Waals surface area contributed by atoms with Crippen LogP contribution in [0.4, 0.5) is 0 Å². The van der Waals surface area contributed by atoms with E-state index in [1.807, 2.05) is 30.9 Å². The lowest BCUT2D eigenvalue weighted by molar-refractivity contribution is -0.143. The van der Waals surface area contributed by atoms with Gasteiger partial charge in [-0.15, -0.1) is 0 Å². The number of carbonyl (C=O) groups excluding carboxylic acids is 1. The molecule has 0 radical (unpaired) electrons. The van der Waals surface area contributed by atoms with Crippen LogP contribution in [0, 0.1) is 54.4 Å². The van der Waals surface area contributed by atoms with Crippen molar-refractivity contribution < 1.29 is 19.1 Å². The zero-order chi connectivity index (χ0) is 29.6. The number of rotatable bonds is 6. The maximum Gasteiger partial charge on any atom is 0.339 e. The number of fused-ring (bicyclic) bond motifs is 2. The van der Waals surface area contributed by atoms with Crippen molar-refractivity contribution in [2.45, 2.75) is 106 Å². The Kier molecular flexibility index (Phi) is 8.08. The number of amides is 1. The maximum absolute atomic E-state index is 13.1. The van der Waals surface area contributed by atoms with Crippen LogP contribution in [0.2, 0.25) is 0 Å². The van der Waals surface area contributed by atoms with E-state index in [9.17, 15) is 14.7 Å². The van der Waals surface area contributed by atoms with Gasteiger partial charge < -0.3 is 19.2 Å². The average molecular weight is 560 g/mol. The van der Waals surface area contributed by atoms with E-state index in [1.54, 1.807) is 0 Å². The molecule has 1 aliphatic carbocycles. The van der Waals surface area contributed by atoms with E-state index in [4.69, 9.17) is 9.15 Å². The largest absolute Gasteiger partial charge is 0.488 e. The SMILES string of the molecule is Cc1c(C)c(C)c(COc2ccc3c(C)c(CCC(=O)N4CC[C@@]5(O)CCCC[C@H]5C4)c(=O)oc3c2C)c(C)c1C. The monoisotopic (exact) mass is 559 g/mol. The highest BCUT2D eigenvalue weighted by molar-refractivity contribution is 5.86. The van der Waals surface area contributed by atoms with Crippen molar-refractivity contribution in [2.24, 2.45) is 5.92 Å². The Hall–Kier alpha value is -3.12. The van der Waals surface area contributed by atoms with Crippen LogP contribution in [0.3, 0.4) is 0 Å². The first kappa shape index (κ1) is 29.4. The van der Waals surface area contributed by atoms with Gasteiger partial charge in [-0.2, -0.15) is 0 Å². The number of piperidine rings is 1. The third kappa shape index (κ3) is 5.31. The minimum absolute atomic E-state index is 0.0450. The minimum atomic E-state index is -0.610. The Morgan fingerprint density at radius 2 is 1.61 bits per heavy atom. The van der Waals surface area contributed by atoms with Gasteiger partial charge in [-0.3, -0.25) is 4.79 Å². The zero-order valence-electron chi connectivity index (χ0n) is 25.8. The normalized spacial score (nSPS) is 20.8. The van der Waals surface area contributed by atoms with Crippen LogP contribution in [0.5, 0.6) is 5.75 Å². The molecule has 2 heterocycles. The summed E-state index contributed by atoms with van der Waals surface area (Å²) in [5, 5.41) is 11.8. The van der Waals surface area contributed by atoms with Crippen molar-refractivity contribution in [3.8, 4) is 5.75 Å². The summed E-state index contributed by atoms with van der Waals surface area (Å²) in [5.74, 6) is 0.904. The molecule has 1 aliphatic heterocycles. The molecule has 3 aromatic rings. The van der Waals surface area contributed by atoms with E-state index in [2.05, 4.69) is 34.6 Å². The molecule has 0 spiro atoms. The van der Waals surface area contributed by atoms with Crippen molar-refractivity contribution in [3.05, 3.63) is 72.6 Å². The van der Waals surface area contributed by atoms with Crippen LogP contribution in [0.1, 0.15) is 88.6 Å². The maximum atomic E-state index is 13.1. The highest BCUT2D eigenvalue weighted by Crippen LogP contribution is 2.40. The minimum Gasteiger partial charge on any atom is -0.488 e. The van der Waals surface area contributed by atoms with Gasteiger partial charge in [0.1, 0.15) is 17.9 Å². The Bertz CT molecular complexity index is 1540. The fourth-order valence-corrected chi connectivity index (χ4v) is 7.15. The number of aliphatic hydroxyl groups is 1. The van der Waals surface area contributed by atoms with E-state index in [1.165, 1.54) is 33.4 Å². The summed E-state index contributed by atoms with van der Waals surface area (Å²) in [6.45, 7) is 16.3. The summed E-state index contributed by atoms with van der Waals surface area (Å²) >= 11 is 0. The number of nitrogens with zero attached hydrogens (tertiary/aromatic N) is 1. The number of aryl methyl sites for hydroxylation is 2. The van der Waals surface area contributed by atoms with Gasteiger partial charge in [0.05, 0.1) is 5.60 Å². The molecule has 1 amide bonds. The molecule has 0 bridgehead atoms. The van der Waals surface area contributed by atoms with E-state index in [0.717, 1.165) is 42.2 Å². The highest BCUT2D eigenvalue weighted by atomic mass is 16.5. The predicted molar refractivity (Wildman–Crippen MR) is 163 cm³/mol. The molecule has 5 rings (SSSR count). The molecule has 220 valence electrons. The summed E-state index contributed by atoms with van der Waals surface area (Å²) in [6.07, 6.45) is 5.25. The number of hydrogen-bond acceptors (Lipinski definition) is 5. The van der Waals surface area contributed by atoms with Crippen LogP contribution in [-0.2, 0) is 17.8 Å². The molecule has 6 heteroatoms. The molecular formula is C35H45NO5. The standard InChI is InChI=1S/C35H45NO5/c1-20-21(2)23(4)30(24(5)22(20)3)19-40-31-13-11-28-25(6)29(34(38)41-33(28)26(31)7)12-14-32(37)36-17-16-35(39)15-9-8-10-27(35)18-36/h11,13,27,39H,8-10,12,14-19H2,1-7H3/t27-,35-/m0/s1. The first-order valence-corrected chi connectivity index (χ1v) is 15.2. The fraction of sp³-hybridized carbons (Fsp3) is 0.543. The summed E-state index contributed by atoms with van der Waals surface area (Å²) in [5.41, 5.74) is 9.38. The zero-order valence-corrected chi connectivity index (χ0v) is 25.8. The van der Waals surface area contributed by atoms with Gasteiger partial charge in [0.15, 0.2) is 0 Å². The first-order valence-electron chi connectivity index (χ1n) is 15.2. The molecule has 0 unspecified atom stereocenters. The number of hydrogen-bond donors (Lipinski definition) is 1. The quantitative estimate of drug-likeness (QED) is 0.344. The fourth-order valence-electron chi connectivity index (χ4n) is 7.15. The molecule has 1 N–H and O–H groups in total. The predicted octanol–water partition coefficient (Wildman–Crippen LogP) is 6.62. The molecule has 6 nitrogen and oxygen atoms in total. The van der Waals surface area contributed by atoms with E-state index in [0.29, 0.717) is 49.4 Å². The summed E-state index contributed by atoms with van der Waals surface area (Å²) in [6, 6.07) is 3.92. The van der Waals surface area contributed by atoms with Crippen LogP contribution >= 0.6 is 0 Å². The molecular weight excluding hydrogens is 514 g/mol. The molecule has 2 atom stereocenters. The van der Waals surface area contributed by atoms with Crippen LogP contribution in [-0.4, -0.2) is 34.6 Å². The molecule has 2 aromatic carbocycles. The van der Waals surface area contributed by atoms with Crippen molar-refractivity contribution >= 4 is 16.9 Å². The lowest BCUT2D eigenvalue weighted by atomic mass is 9.71. The summed E-state index contributed by atoms with van der Waals surface area (Å²) in [7, 11) is 0. The molecule has 2 fully saturated rings. The lowest BCUT2D eigenvalue weighted by Crippen LogP contribution is -2.54. The second-order valence-electron chi connectivity index (χ2n) is 12.6. The number of benzene rings is 2. The first-order chi connectivity index (χ1) is 19.4. The molecule has 1 saturated carbocycles. The Morgan fingerprint density at radius 3 is 2.32 bits per heavy atom.